The van der Waals surface area contributed by atoms with Gasteiger partial charge in [-0.15, -0.1) is 0 Å². The number of aliphatic hydroxyl groups excluding tert-OH is 1. The first-order valence-electron chi connectivity index (χ1n) is 5.31. The second kappa shape index (κ2) is 7.51. The third-order valence-corrected chi connectivity index (χ3v) is 3.30. The van der Waals surface area contributed by atoms with Crippen molar-refractivity contribution in [2.75, 3.05) is 11.9 Å². The first-order valence-corrected chi connectivity index (χ1v) is 6.76. The summed E-state index contributed by atoms with van der Waals surface area (Å²) in [5, 5.41) is 23.1. The third kappa shape index (κ3) is 5.62. The summed E-state index contributed by atoms with van der Waals surface area (Å²) in [5.41, 5.74) is 0.598. The minimum absolute atomic E-state index is 0.0551. The molecule has 0 heterocycles. The fourth-order valence-electron chi connectivity index (χ4n) is 1.20. The number of hydrogen-bond acceptors (Lipinski definition) is 3. The van der Waals surface area contributed by atoms with E-state index in [9.17, 15) is 9.59 Å². The van der Waals surface area contributed by atoms with Gasteiger partial charge in [-0.25, -0.2) is 9.59 Å². The van der Waals surface area contributed by atoms with Crippen molar-refractivity contribution in [3.05, 3.63) is 26.8 Å². The van der Waals surface area contributed by atoms with E-state index in [1.54, 1.807) is 18.2 Å². The summed E-state index contributed by atoms with van der Waals surface area (Å²) in [7, 11) is 0. The van der Waals surface area contributed by atoms with Gasteiger partial charge in [0.15, 0.2) is 6.10 Å². The summed E-state index contributed by atoms with van der Waals surface area (Å²) in [6.45, 7) is 0.0590. The number of carboxylic acid groups (broad SMARTS) is 1. The molecule has 2 amide bonds. The van der Waals surface area contributed by atoms with Gasteiger partial charge in [0.2, 0.25) is 0 Å². The predicted octanol–water partition coefficient (Wildman–Crippen LogP) is 1.90. The van der Waals surface area contributed by atoms with E-state index in [0.29, 0.717) is 10.7 Å². The molecule has 8 heteroatoms. The van der Waals surface area contributed by atoms with Gasteiger partial charge in [0.05, 0.1) is 5.69 Å². The molecule has 0 saturated carbocycles. The molecule has 0 aliphatic carbocycles. The van der Waals surface area contributed by atoms with Gasteiger partial charge in [-0.1, -0.05) is 11.6 Å². The molecule has 0 unspecified atom stereocenters. The average molecular weight is 399 g/mol. The number of aliphatic hydroxyl groups is 1. The van der Waals surface area contributed by atoms with Crippen molar-refractivity contribution in [2.24, 2.45) is 0 Å². The summed E-state index contributed by atoms with van der Waals surface area (Å²) >= 11 is 7.82. The number of anilines is 1. The van der Waals surface area contributed by atoms with Gasteiger partial charge in [0, 0.05) is 21.6 Å². The van der Waals surface area contributed by atoms with Crippen molar-refractivity contribution in [3.63, 3.8) is 0 Å². The maximum Gasteiger partial charge on any atom is 0.332 e. The Hall–Kier alpha value is -1.06. The van der Waals surface area contributed by atoms with Gasteiger partial charge in [0.25, 0.3) is 0 Å². The molecule has 0 spiro atoms. The van der Waals surface area contributed by atoms with E-state index < -0.39 is 18.1 Å². The van der Waals surface area contributed by atoms with Crippen LogP contribution in [0.4, 0.5) is 10.5 Å². The first kappa shape index (κ1) is 16.0. The molecule has 0 saturated heterocycles. The fraction of sp³-hybridized carbons (Fsp3) is 0.273. The molecule has 1 rings (SSSR count). The number of halogens is 2. The van der Waals surface area contributed by atoms with Crippen LogP contribution in [0.2, 0.25) is 5.02 Å². The largest absolute Gasteiger partial charge is 0.479 e. The molecule has 19 heavy (non-hydrogen) atoms. The molecule has 0 bridgehead atoms. The number of rotatable bonds is 5. The monoisotopic (exact) mass is 398 g/mol. The smallest absolute Gasteiger partial charge is 0.332 e. The number of urea groups is 1. The standard InChI is InChI=1S/C11H12ClIN2O4/c12-6-1-2-8(7(13)5-6)15-11(19)14-4-3-9(16)10(17)18/h1-2,5,9,16H,3-4H2,(H,17,18)(H2,14,15,19)/t9-/m0/s1. The maximum absolute atomic E-state index is 11.5. The molecule has 0 aliphatic rings. The molecule has 1 aromatic carbocycles. The number of carbonyl (C=O) groups excluding carboxylic acids is 1. The minimum Gasteiger partial charge on any atom is -0.479 e. The van der Waals surface area contributed by atoms with Crippen LogP contribution in [0, 0.1) is 3.57 Å². The van der Waals surface area contributed by atoms with Gasteiger partial charge in [0.1, 0.15) is 0 Å². The number of hydrogen-bond donors (Lipinski definition) is 4. The van der Waals surface area contributed by atoms with Crippen LogP contribution in [0.25, 0.3) is 0 Å². The highest BCUT2D eigenvalue weighted by Crippen LogP contribution is 2.22. The van der Waals surface area contributed by atoms with Gasteiger partial charge in [-0.05, 0) is 40.8 Å². The van der Waals surface area contributed by atoms with Crippen LogP contribution in [-0.4, -0.2) is 34.9 Å². The third-order valence-electron chi connectivity index (χ3n) is 2.17. The normalized spacial score (nSPS) is 11.7. The number of carbonyl (C=O) groups is 2. The number of benzene rings is 1. The van der Waals surface area contributed by atoms with Crippen LogP contribution in [0.1, 0.15) is 6.42 Å². The Bertz CT molecular complexity index is 484. The van der Waals surface area contributed by atoms with Crippen LogP contribution >= 0.6 is 34.2 Å². The number of nitrogens with one attached hydrogen (secondary N) is 2. The van der Waals surface area contributed by atoms with Crippen LogP contribution in [0.5, 0.6) is 0 Å². The van der Waals surface area contributed by atoms with Crippen molar-refractivity contribution in [1.82, 2.24) is 5.32 Å². The molecule has 4 N–H and O–H groups in total. The lowest BCUT2D eigenvalue weighted by Crippen LogP contribution is -2.33. The van der Waals surface area contributed by atoms with Crippen molar-refractivity contribution in [2.45, 2.75) is 12.5 Å². The zero-order valence-corrected chi connectivity index (χ0v) is 12.6. The van der Waals surface area contributed by atoms with Crippen molar-refractivity contribution in [1.29, 1.82) is 0 Å². The quantitative estimate of drug-likeness (QED) is 0.569. The predicted molar refractivity (Wildman–Crippen MR) is 79.5 cm³/mol. The Morgan fingerprint density at radius 1 is 1.42 bits per heavy atom. The molecule has 1 atom stereocenters. The summed E-state index contributed by atoms with van der Waals surface area (Å²) in [6, 6.07) is 4.53. The lowest BCUT2D eigenvalue weighted by atomic mass is 10.2. The van der Waals surface area contributed by atoms with Gasteiger partial charge < -0.3 is 20.8 Å². The van der Waals surface area contributed by atoms with E-state index in [-0.39, 0.29) is 13.0 Å². The summed E-state index contributed by atoms with van der Waals surface area (Å²) in [6.07, 6.45) is -1.53. The lowest BCUT2D eigenvalue weighted by molar-refractivity contribution is -0.146. The Morgan fingerprint density at radius 2 is 2.11 bits per heavy atom. The van der Waals surface area contributed by atoms with Crippen LogP contribution in [-0.2, 0) is 4.79 Å². The van der Waals surface area contributed by atoms with E-state index in [2.05, 4.69) is 10.6 Å². The van der Waals surface area contributed by atoms with Crippen LogP contribution in [0.3, 0.4) is 0 Å². The van der Waals surface area contributed by atoms with Crippen molar-refractivity contribution in [3.8, 4) is 0 Å². The molecule has 0 aliphatic heterocycles. The topological polar surface area (TPSA) is 98.7 Å². The molecule has 104 valence electrons. The molecule has 1 aromatic rings. The number of carboxylic acids is 1. The van der Waals surface area contributed by atoms with Gasteiger partial charge in [-0.2, -0.15) is 0 Å². The van der Waals surface area contributed by atoms with Crippen LogP contribution < -0.4 is 10.6 Å². The van der Waals surface area contributed by atoms with E-state index in [0.717, 1.165) is 3.57 Å². The highest BCUT2D eigenvalue weighted by molar-refractivity contribution is 14.1. The van der Waals surface area contributed by atoms with Crippen LogP contribution in [0.15, 0.2) is 18.2 Å². The summed E-state index contributed by atoms with van der Waals surface area (Å²) in [4.78, 5) is 21.9. The van der Waals surface area contributed by atoms with Crippen molar-refractivity contribution >= 4 is 51.9 Å². The Kier molecular flexibility index (Phi) is 6.32. The van der Waals surface area contributed by atoms with Crippen molar-refractivity contribution < 1.29 is 19.8 Å². The molecular formula is C11H12ClIN2O4. The first-order chi connectivity index (χ1) is 8.90. The Morgan fingerprint density at radius 3 is 2.68 bits per heavy atom. The molecular weight excluding hydrogens is 386 g/mol. The lowest BCUT2D eigenvalue weighted by Gasteiger charge is -2.10. The Balaban J connectivity index is 2.41. The van der Waals surface area contributed by atoms with Gasteiger partial charge >= 0.3 is 12.0 Å². The SMILES string of the molecule is O=C(NCC[C@H](O)C(=O)O)Nc1ccc(Cl)cc1I. The van der Waals surface area contributed by atoms with Gasteiger partial charge in [-0.3, -0.25) is 0 Å². The maximum atomic E-state index is 11.5. The molecule has 6 nitrogen and oxygen atoms in total. The number of aliphatic carboxylic acids is 1. The second-order valence-electron chi connectivity index (χ2n) is 3.65. The Labute approximate surface area is 128 Å². The molecule has 0 radical (unpaired) electrons. The molecule has 0 fully saturated rings. The molecule has 0 aromatic heterocycles. The minimum atomic E-state index is -1.48. The van der Waals surface area contributed by atoms with E-state index >= 15 is 0 Å². The zero-order valence-electron chi connectivity index (χ0n) is 9.69. The fourth-order valence-corrected chi connectivity index (χ4v) is 2.21. The summed E-state index contributed by atoms with van der Waals surface area (Å²) < 4.78 is 0.783. The summed E-state index contributed by atoms with van der Waals surface area (Å²) in [5.74, 6) is -1.31. The number of amides is 2. The highest BCUT2D eigenvalue weighted by Gasteiger charge is 2.13. The van der Waals surface area contributed by atoms with E-state index in [1.165, 1.54) is 0 Å². The second-order valence-corrected chi connectivity index (χ2v) is 5.25. The zero-order chi connectivity index (χ0) is 14.4. The highest BCUT2D eigenvalue weighted by atomic mass is 127. The average Bonchev–Trinajstić information content (AvgIpc) is 2.32. The van der Waals surface area contributed by atoms with E-state index in [4.69, 9.17) is 21.8 Å². The van der Waals surface area contributed by atoms with E-state index in [1.807, 2.05) is 22.6 Å².